The lowest BCUT2D eigenvalue weighted by Gasteiger charge is -2.36. The smallest absolute Gasteiger partial charge is 0.402 e. The van der Waals surface area contributed by atoms with Gasteiger partial charge in [-0.05, 0) is 48.4 Å². The second-order valence-corrected chi connectivity index (χ2v) is 9.10. The quantitative estimate of drug-likeness (QED) is 0.264. The van der Waals surface area contributed by atoms with Crippen LogP contribution in [0.1, 0.15) is 48.8 Å². The Labute approximate surface area is 215 Å². The molecule has 0 bridgehead atoms. The van der Waals surface area contributed by atoms with E-state index < -0.39 is 7.32 Å². The molecule has 2 heterocycles. The average molecular weight is 482 g/mol. The Bertz CT molecular complexity index is 1010. The molecule has 5 rings (SSSR count). The highest BCUT2D eigenvalue weighted by atomic mass is 16.6. The molecule has 0 spiro atoms. The SMILES string of the molecule is C1=CN2CCCCC2=NC1.OB(O)OCCCC(c1ccccc1)(c1ccccc1)c1ccccc1. The van der Waals surface area contributed by atoms with Crippen molar-refractivity contribution in [2.45, 2.75) is 37.5 Å². The summed E-state index contributed by atoms with van der Waals surface area (Å²) in [6, 6.07) is 31.4. The van der Waals surface area contributed by atoms with Crippen molar-refractivity contribution in [3.63, 3.8) is 0 Å². The van der Waals surface area contributed by atoms with Gasteiger partial charge in [-0.3, -0.25) is 4.99 Å². The molecule has 0 amide bonds. The minimum Gasteiger partial charge on any atom is -0.402 e. The van der Waals surface area contributed by atoms with E-state index in [1.807, 2.05) is 18.2 Å². The topological polar surface area (TPSA) is 65.3 Å². The van der Waals surface area contributed by atoms with E-state index in [4.69, 9.17) is 14.7 Å². The summed E-state index contributed by atoms with van der Waals surface area (Å²) in [5.41, 5.74) is 3.30. The lowest BCUT2D eigenvalue weighted by molar-refractivity contribution is 0.179. The molecule has 3 aromatic rings. The summed E-state index contributed by atoms with van der Waals surface area (Å²) in [6.07, 6.45) is 9.60. The Morgan fingerprint density at radius 2 is 1.36 bits per heavy atom. The molecule has 2 aliphatic heterocycles. The lowest BCUT2D eigenvalue weighted by Crippen LogP contribution is -2.32. The fourth-order valence-corrected chi connectivity index (χ4v) is 5.13. The van der Waals surface area contributed by atoms with E-state index in [1.165, 1.54) is 48.3 Å². The number of nitrogens with zero attached hydrogens (tertiary/aromatic N) is 2. The Kier molecular flexibility index (Phi) is 9.50. The first-order chi connectivity index (χ1) is 17.7. The van der Waals surface area contributed by atoms with Gasteiger partial charge in [0.2, 0.25) is 0 Å². The number of hydrogen-bond acceptors (Lipinski definition) is 5. The monoisotopic (exact) mass is 482 g/mol. The predicted molar refractivity (Wildman–Crippen MR) is 147 cm³/mol. The van der Waals surface area contributed by atoms with Gasteiger partial charge < -0.3 is 19.6 Å². The van der Waals surface area contributed by atoms with Gasteiger partial charge in [0.15, 0.2) is 0 Å². The maximum Gasteiger partial charge on any atom is 0.633 e. The molecule has 5 nitrogen and oxygen atoms in total. The maximum atomic E-state index is 8.97. The molecule has 3 aromatic carbocycles. The van der Waals surface area contributed by atoms with Crippen molar-refractivity contribution in [3.05, 3.63) is 120 Å². The van der Waals surface area contributed by atoms with Gasteiger partial charge in [0, 0.05) is 31.2 Å². The molecule has 6 heteroatoms. The highest BCUT2D eigenvalue weighted by Gasteiger charge is 2.35. The Hall–Kier alpha value is -3.19. The standard InChI is InChI=1S/C22H23BO3.C8H12N2/c24-23(25)26-18-10-17-22(19-11-4-1-5-12-19,20-13-6-2-7-14-20)21-15-8-3-9-16-21;1-2-6-10-7-3-5-9-8(10)4-1/h1-9,11-16,24-25H,10,17-18H2;3,7H,1-2,4-6H2. The van der Waals surface area contributed by atoms with E-state index >= 15 is 0 Å². The van der Waals surface area contributed by atoms with Crippen LogP contribution in [0.5, 0.6) is 0 Å². The maximum absolute atomic E-state index is 8.97. The molecule has 1 saturated heterocycles. The van der Waals surface area contributed by atoms with Crippen LogP contribution in [0.3, 0.4) is 0 Å². The summed E-state index contributed by atoms with van der Waals surface area (Å²) >= 11 is 0. The molecule has 0 aliphatic carbocycles. The van der Waals surface area contributed by atoms with E-state index in [0.717, 1.165) is 13.0 Å². The van der Waals surface area contributed by atoms with Gasteiger partial charge in [0.25, 0.3) is 0 Å². The summed E-state index contributed by atoms with van der Waals surface area (Å²) in [4.78, 5) is 6.68. The molecule has 0 atom stereocenters. The summed E-state index contributed by atoms with van der Waals surface area (Å²) in [6.45, 7) is 2.35. The zero-order chi connectivity index (χ0) is 25.1. The summed E-state index contributed by atoms with van der Waals surface area (Å²) in [7, 11) is -1.73. The number of piperidine rings is 1. The summed E-state index contributed by atoms with van der Waals surface area (Å²) in [5.74, 6) is 1.30. The molecular formula is C30H35BN2O3. The van der Waals surface area contributed by atoms with E-state index in [0.29, 0.717) is 6.42 Å². The molecule has 0 aromatic heterocycles. The fourth-order valence-electron chi connectivity index (χ4n) is 5.13. The minimum atomic E-state index is -1.73. The number of fused-ring (bicyclic) bond motifs is 1. The van der Waals surface area contributed by atoms with Gasteiger partial charge in [-0.2, -0.15) is 0 Å². The van der Waals surface area contributed by atoms with Crippen molar-refractivity contribution >= 4 is 13.2 Å². The van der Waals surface area contributed by atoms with Crippen LogP contribution in [0, 0.1) is 0 Å². The summed E-state index contributed by atoms with van der Waals surface area (Å²) < 4.78 is 4.96. The zero-order valence-corrected chi connectivity index (χ0v) is 20.7. The van der Waals surface area contributed by atoms with Gasteiger partial charge in [-0.1, -0.05) is 91.0 Å². The Morgan fingerprint density at radius 3 is 1.86 bits per heavy atom. The first-order valence-electron chi connectivity index (χ1n) is 12.8. The second-order valence-electron chi connectivity index (χ2n) is 9.10. The van der Waals surface area contributed by atoms with Crippen LogP contribution in [0.15, 0.2) is 108 Å². The fraction of sp³-hybridized carbons (Fsp3) is 0.300. The summed E-state index contributed by atoms with van der Waals surface area (Å²) in [5, 5.41) is 17.9. The average Bonchev–Trinajstić information content (AvgIpc) is 2.95. The molecule has 186 valence electrons. The van der Waals surface area contributed by atoms with E-state index in [2.05, 4.69) is 95.0 Å². The Morgan fingerprint density at radius 1 is 0.806 bits per heavy atom. The van der Waals surface area contributed by atoms with Crippen LogP contribution in [-0.4, -0.2) is 47.8 Å². The van der Waals surface area contributed by atoms with Crippen molar-refractivity contribution in [1.82, 2.24) is 4.90 Å². The molecule has 0 unspecified atom stereocenters. The van der Waals surface area contributed by atoms with Crippen LogP contribution >= 0.6 is 0 Å². The number of amidine groups is 1. The van der Waals surface area contributed by atoms with Crippen molar-refractivity contribution in [1.29, 1.82) is 0 Å². The van der Waals surface area contributed by atoms with Crippen LogP contribution in [0.2, 0.25) is 0 Å². The van der Waals surface area contributed by atoms with Crippen molar-refractivity contribution in [3.8, 4) is 0 Å². The van der Waals surface area contributed by atoms with Gasteiger partial charge in [-0.15, -0.1) is 0 Å². The van der Waals surface area contributed by atoms with Crippen LogP contribution in [0.25, 0.3) is 0 Å². The van der Waals surface area contributed by atoms with Crippen LogP contribution in [0.4, 0.5) is 0 Å². The lowest BCUT2D eigenvalue weighted by atomic mass is 9.67. The normalized spacial score (nSPS) is 14.8. The molecular weight excluding hydrogens is 447 g/mol. The minimum absolute atomic E-state index is 0.284. The first kappa shape index (κ1) is 25.9. The molecule has 0 saturated carbocycles. The first-order valence-corrected chi connectivity index (χ1v) is 12.8. The molecule has 2 N–H and O–H groups in total. The van der Waals surface area contributed by atoms with Crippen LogP contribution in [-0.2, 0) is 10.1 Å². The molecule has 0 radical (unpaired) electrons. The van der Waals surface area contributed by atoms with Crippen molar-refractivity contribution < 1.29 is 14.7 Å². The molecule has 2 aliphatic rings. The van der Waals surface area contributed by atoms with Gasteiger partial charge in [-0.25, -0.2) is 0 Å². The van der Waals surface area contributed by atoms with Crippen molar-refractivity contribution in [2.75, 3.05) is 19.7 Å². The predicted octanol–water partition coefficient (Wildman–Crippen LogP) is 5.19. The van der Waals surface area contributed by atoms with Gasteiger partial charge >= 0.3 is 7.32 Å². The largest absolute Gasteiger partial charge is 0.633 e. The third kappa shape index (κ3) is 6.52. The molecule has 1 fully saturated rings. The van der Waals surface area contributed by atoms with E-state index in [9.17, 15) is 0 Å². The number of benzene rings is 3. The number of rotatable bonds is 8. The third-order valence-corrected chi connectivity index (χ3v) is 6.81. The Balaban J connectivity index is 0.000000251. The molecule has 36 heavy (non-hydrogen) atoms. The van der Waals surface area contributed by atoms with E-state index in [-0.39, 0.29) is 12.0 Å². The number of aliphatic imine (C=N–C) groups is 1. The highest BCUT2D eigenvalue weighted by Crippen LogP contribution is 2.42. The van der Waals surface area contributed by atoms with Crippen molar-refractivity contribution in [2.24, 2.45) is 4.99 Å². The van der Waals surface area contributed by atoms with Gasteiger partial charge in [0.1, 0.15) is 5.84 Å². The highest BCUT2D eigenvalue weighted by molar-refractivity contribution is 6.32. The number of hydrogen-bond donors (Lipinski definition) is 2. The zero-order valence-electron chi connectivity index (χ0n) is 20.7. The second kappa shape index (κ2) is 13.2. The van der Waals surface area contributed by atoms with Crippen LogP contribution < -0.4 is 0 Å². The van der Waals surface area contributed by atoms with Gasteiger partial charge in [0.05, 0.1) is 6.54 Å². The third-order valence-electron chi connectivity index (χ3n) is 6.81. The van der Waals surface area contributed by atoms with E-state index in [1.54, 1.807) is 0 Å².